The van der Waals surface area contributed by atoms with Crippen molar-refractivity contribution in [2.75, 3.05) is 26.2 Å². The molecule has 6 nitrogen and oxygen atoms in total. The molecule has 0 radical (unpaired) electrons. The number of rotatable bonds is 11. The summed E-state index contributed by atoms with van der Waals surface area (Å²) in [6.07, 6.45) is 18.0. The summed E-state index contributed by atoms with van der Waals surface area (Å²) in [7, 11) is 0. The van der Waals surface area contributed by atoms with Crippen molar-refractivity contribution < 1.29 is 9.53 Å². The molecule has 2 N–H and O–H groups in total. The molecule has 1 aromatic rings. The van der Waals surface area contributed by atoms with E-state index in [4.69, 9.17) is 10.1 Å². The number of benzene rings is 1. The van der Waals surface area contributed by atoms with Crippen LogP contribution in [0.4, 0.5) is 0 Å². The molecule has 1 amide bonds. The summed E-state index contributed by atoms with van der Waals surface area (Å²) in [5.74, 6) is 3.19. The predicted octanol–water partition coefficient (Wildman–Crippen LogP) is 6.73. The van der Waals surface area contributed by atoms with Crippen molar-refractivity contribution >= 4 is 11.9 Å². The second-order valence-electron chi connectivity index (χ2n) is 12.8. The van der Waals surface area contributed by atoms with Crippen molar-refractivity contribution in [3.8, 4) is 5.75 Å². The van der Waals surface area contributed by atoms with E-state index >= 15 is 0 Å². The van der Waals surface area contributed by atoms with Gasteiger partial charge in [-0.3, -0.25) is 15.1 Å². The van der Waals surface area contributed by atoms with Crippen LogP contribution in [0.3, 0.4) is 0 Å². The minimum atomic E-state index is -0.555. The zero-order valence-electron chi connectivity index (χ0n) is 24.0. The van der Waals surface area contributed by atoms with Crippen LogP contribution in [0, 0.1) is 23.2 Å². The first-order valence-electron chi connectivity index (χ1n) is 15.8. The fraction of sp³-hybridized carbons (Fsp3) is 0.697. The second-order valence-corrected chi connectivity index (χ2v) is 12.8. The number of nitrogens with zero attached hydrogens (tertiary/aromatic N) is 2. The van der Waals surface area contributed by atoms with Crippen LogP contribution in [-0.4, -0.2) is 53.4 Å². The van der Waals surface area contributed by atoms with Gasteiger partial charge in [-0.1, -0.05) is 89.0 Å². The van der Waals surface area contributed by atoms with Gasteiger partial charge in [0.15, 0.2) is 5.96 Å². The molecule has 1 unspecified atom stereocenters. The van der Waals surface area contributed by atoms with Crippen LogP contribution in [0.2, 0.25) is 0 Å². The Bertz CT molecular complexity index is 961. The van der Waals surface area contributed by atoms with Crippen LogP contribution in [-0.2, 0) is 4.79 Å². The molecule has 0 aromatic heterocycles. The fourth-order valence-corrected chi connectivity index (χ4v) is 7.57. The Kier molecular flexibility index (Phi) is 9.52. The molecule has 0 spiro atoms. The largest absolute Gasteiger partial charge is 0.487 e. The first kappa shape index (κ1) is 28.0. The average Bonchev–Trinajstić information content (AvgIpc) is 3.21. The van der Waals surface area contributed by atoms with Crippen molar-refractivity contribution in [3.05, 3.63) is 42.6 Å². The number of ether oxygens (including phenoxy) is 1. The van der Waals surface area contributed by atoms with Gasteiger partial charge in [0, 0.05) is 25.3 Å². The van der Waals surface area contributed by atoms with Crippen molar-refractivity contribution in [2.45, 2.75) is 102 Å². The van der Waals surface area contributed by atoms with Crippen LogP contribution in [0.1, 0.15) is 96.3 Å². The molecular formula is C33H50N4O2. The lowest BCUT2D eigenvalue weighted by atomic mass is 9.75. The van der Waals surface area contributed by atoms with Crippen LogP contribution < -0.4 is 10.1 Å². The number of carbonyl (C=O) groups is 1. The van der Waals surface area contributed by atoms with Crippen molar-refractivity contribution in [2.24, 2.45) is 17.8 Å². The van der Waals surface area contributed by atoms with Gasteiger partial charge in [0.25, 0.3) is 5.91 Å². The highest BCUT2D eigenvalue weighted by Gasteiger charge is 2.50. The number of hydrogen-bond donors (Lipinski definition) is 2. The van der Waals surface area contributed by atoms with Gasteiger partial charge in [0.2, 0.25) is 0 Å². The Morgan fingerprint density at radius 2 is 1.56 bits per heavy atom. The molecule has 4 aliphatic rings. The van der Waals surface area contributed by atoms with Crippen LogP contribution in [0.15, 0.2) is 42.6 Å². The molecule has 2 heterocycles. The molecule has 39 heavy (non-hydrogen) atoms. The maximum atomic E-state index is 14.1. The van der Waals surface area contributed by atoms with Gasteiger partial charge in [-0.25, -0.2) is 0 Å². The second kappa shape index (κ2) is 13.2. The molecule has 214 valence electrons. The number of nitrogens with one attached hydrogen (secondary N) is 2. The maximum Gasteiger partial charge on any atom is 0.255 e. The zero-order valence-corrected chi connectivity index (χ0v) is 24.0. The summed E-state index contributed by atoms with van der Waals surface area (Å²) in [6.45, 7) is 7.30. The molecular weight excluding hydrogens is 484 g/mol. The van der Waals surface area contributed by atoms with Crippen molar-refractivity contribution in [1.29, 1.82) is 5.41 Å². The Balaban J connectivity index is 1.15. The lowest BCUT2D eigenvalue weighted by Crippen LogP contribution is -2.49. The quantitative estimate of drug-likeness (QED) is 0.330. The van der Waals surface area contributed by atoms with Crippen LogP contribution in [0.25, 0.3) is 0 Å². The zero-order chi connectivity index (χ0) is 27.1. The Morgan fingerprint density at radius 1 is 0.923 bits per heavy atom. The molecule has 4 fully saturated rings. The minimum Gasteiger partial charge on any atom is -0.487 e. The number of carbonyl (C=O) groups excluding carboxylic acids is 1. The smallest absolute Gasteiger partial charge is 0.255 e. The van der Waals surface area contributed by atoms with E-state index in [-0.39, 0.29) is 5.91 Å². The van der Waals surface area contributed by atoms with Gasteiger partial charge in [0.05, 0.1) is 0 Å². The molecule has 6 heteroatoms. The first-order chi connectivity index (χ1) is 19.0. The van der Waals surface area contributed by atoms with E-state index in [9.17, 15) is 4.79 Å². The van der Waals surface area contributed by atoms with Crippen LogP contribution in [0.5, 0.6) is 5.75 Å². The van der Waals surface area contributed by atoms with Crippen molar-refractivity contribution in [3.63, 3.8) is 0 Å². The number of guanidine groups is 1. The topological polar surface area (TPSA) is 68.7 Å². The highest BCUT2D eigenvalue weighted by molar-refractivity contribution is 6.07. The van der Waals surface area contributed by atoms with E-state index < -0.39 is 5.54 Å². The van der Waals surface area contributed by atoms with E-state index in [1.54, 1.807) is 0 Å². The summed E-state index contributed by atoms with van der Waals surface area (Å²) in [5.41, 5.74) is 0.457. The molecule has 2 aliphatic carbocycles. The van der Waals surface area contributed by atoms with Crippen molar-refractivity contribution in [1.82, 2.24) is 15.1 Å². The van der Waals surface area contributed by atoms with E-state index in [1.165, 1.54) is 64.2 Å². The normalized spacial score (nSPS) is 25.6. The van der Waals surface area contributed by atoms with E-state index in [1.807, 2.05) is 35.2 Å². The van der Waals surface area contributed by atoms with Gasteiger partial charge in [-0.2, -0.15) is 0 Å². The SMILES string of the molecule is C=C(COc1ccccc1)N1CCC(CN2C(=N)NC(CCC3CCCCC3)(CC3CCCCC3)C2=O)CC1. The summed E-state index contributed by atoms with van der Waals surface area (Å²) in [5, 5.41) is 12.4. The number of piperidine rings is 1. The maximum absolute atomic E-state index is 14.1. The molecule has 2 saturated heterocycles. The molecule has 1 aromatic carbocycles. The summed E-state index contributed by atoms with van der Waals surface area (Å²) in [4.78, 5) is 18.3. The third-order valence-corrected chi connectivity index (χ3v) is 10.00. The minimum absolute atomic E-state index is 0.192. The van der Waals surface area contributed by atoms with E-state index in [2.05, 4.69) is 16.8 Å². The molecule has 2 saturated carbocycles. The van der Waals surface area contributed by atoms with Gasteiger partial charge < -0.3 is 15.0 Å². The summed E-state index contributed by atoms with van der Waals surface area (Å²) < 4.78 is 5.90. The van der Waals surface area contributed by atoms with Gasteiger partial charge >= 0.3 is 0 Å². The monoisotopic (exact) mass is 534 g/mol. The number of hydrogen-bond acceptors (Lipinski definition) is 4. The third-order valence-electron chi connectivity index (χ3n) is 10.00. The van der Waals surface area contributed by atoms with E-state index in [0.29, 0.717) is 30.9 Å². The fourth-order valence-electron chi connectivity index (χ4n) is 7.57. The Morgan fingerprint density at radius 3 is 2.23 bits per heavy atom. The standard InChI is InChI=1S/C33H50N4O2/c1-26(25-39-30-15-9-4-10-16-30)36-21-18-29(19-22-36)24-37-31(38)33(35-32(37)34,23-28-13-7-3-8-14-28)20-17-27-11-5-2-6-12-27/h4,9-10,15-16,27-29H,1-3,5-8,11-14,17-25H2,(H2,34,35). The third kappa shape index (κ3) is 7.18. The lowest BCUT2D eigenvalue weighted by molar-refractivity contribution is -0.132. The van der Waals surface area contributed by atoms with E-state index in [0.717, 1.165) is 62.6 Å². The number of para-hydroxylation sites is 1. The van der Waals surface area contributed by atoms with Gasteiger partial charge in [-0.05, 0) is 62.0 Å². The number of likely N-dealkylation sites (tertiary alicyclic amines) is 1. The van der Waals surface area contributed by atoms with Gasteiger partial charge in [-0.15, -0.1) is 0 Å². The van der Waals surface area contributed by atoms with Gasteiger partial charge in [0.1, 0.15) is 17.9 Å². The number of amides is 1. The average molecular weight is 535 g/mol. The molecule has 0 bridgehead atoms. The lowest BCUT2D eigenvalue weighted by Gasteiger charge is -2.36. The highest BCUT2D eigenvalue weighted by atomic mass is 16.5. The summed E-state index contributed by atoms with van der Waals surface area (Å²) in [6, 6.07) is 9.90. The molecule has 2 aliphatic heterocycles. The molecule has 1 atom stereocenters. The Hall–Kier alpha value is -2.50. The summed E-state index contributed by atoms with van der Waals surface area (Å²) >= 11 is 0. The Labute approximate surface area is 236 Å². The highest BCUT2D eigenvalue weighted by Crippen LogP contribution is 2.39. The molecule has 5 rings (SSSR count). The first-order valence-corrected chi connectivity index (χ1v) is 15.8. The van der Waals surface area contributed by atoms with Crippen LogP contribution >= 0.6 is 0 Å². The predicted molar refractivity (Wildman–Crippen MR) is 158 cm³/mol.